The van der Waals surface area contributed by atoms with Crippen LogP contribution in [0, 0.1) is 0 Å². The van der Waals surface area contributed by atoms with Crippen molar-refractivity contribution in [2.24, 2.45) is 0 Å². The lowest BCUT2D eigenvalue weighted by Gasteiger charge is -2.20. The van der Waals surface area contributed by atoms with Gasteiger partial charge in [0.1, 0.15) is 0 Å². The third kappa shape index (κ3) is 4.36. The summed E-state index contributed by atoms with van der Waals surface area (Å²) in [5, 5.41) is 0. The van der Waals surface area contributed by atoms with E-state index >= 15 is 0 Å². The number of carbonyl (C=O) groups is 1. The van der Waals surface area contributed by atoms with Crippen molar-refractivity contribution in [3.05, 3.63) is 72.3 Å². The Labute approximate surface area is 142 Å². The standard InChI is InChI=1S/C19H22N2O3/c1-4-8-16(15-11-12-17(23-2)18(13-15)24-3)20-21-19(22)14-9-6-5-7-10-14/h4-7,9-13,16,20H,1,8H2,2-3H3,(H,21,22). The van der Waals surface area contributed by atoms with Gasteiger partial charge in [-0.05, 0) is 36.2 Å². The summed E-state index contributed by atoms with van der Waals surface area (Å²) in [7, 11) is 3.19. The Morgan fingerprint density at radius 1 is 1.12 bits per heavy atom. The van der Waals surface area contributed by atoms with Crippen molar-refractivity contribution < 1.29 is 14.3 Å². The number of amides is 1. The molecule has 5 heteroatoms. The van der Waals surface area contributed by atoms with E-state index in [-0.39, 0.29) is 11.9 Å². The Bertz CT molecular complexity index is 686. The number of benzene rings is 2. The van der Waals surface area contributed by atoms with E-state index in [1.807, 2.05) is 36.4 Å². The van der Waals surface area contributed by atoms with Crippen molar-refractivity contribution in [3.8, 4) is 11.5 Å². The fraction of sp³-hybridized carbons (Fsp3) is 0.211. The molecule has 0 fully saturated rings. The maximum absolute atomic E-state index is 12.2. The van der Waals surface area contributed by atoms with Crippen LogP contribution < -0.4 is 20.3 Å². The molecule has 0 saturated heterocycles. The SMILES string of the molecule is C=CCC(NNC(=O)c1ccccc1)c1ccc(OC)c(OC)c1. The number of carbonyl (C=O) groups excluding carboxylic acids is 1. The minimum atomic E-state index is -0.190. The molecule has 126 valence electrons. The first-order valence-electron chi connectivity index (χ1n) is 7.63. The summed E-state index contributed by atoms with van der Waals surface area (Å²) in [5.74, 6) is 1.11. The Kier molecular flexibility index (Phi) is 6.40. The van der Waals surface area contributed by atoms with Gasteiger partial charge in [-0.1, -0.05) is 30.3 Å². The molecule has 0 saturated carbocycles. The second kappa shape index (κ2) is 8.74. The molecule has 1 amide bonds. The molecule has 0 heterocycles. The van der Waals surface area contributed by atoms with Crippen molar-refractivity contribution in [2.45, 2.75) is 12.5 Å². The van der Waals surface area contributed by atoms with Crippen molar-refractivity contribution >= 4 is 5.91 Å². The molecule has 2 aromatic carbocycles. The van der Waals surface area contributed by atoms with Crippen LogP contribution in [0.3, 0.4) is 0 Å². The van der Waals surface area contributed by atoms with Gasteiger partial charge in [0.15, 0.2) is 11.5 Å². The van der Waals surface area contributed by atoms with Gasteiger partial charge in [-0.3, -0.25) is 10.2 Å². The van der Waals surface area contributed by atoms with Crippen molar-refractivity contribution in [3.63, 3.8) is 0 Å². The smallest absolute Gasteiger partial charge is 0.265 e. The maximum Gasteiger partial charge on any atom is 0.265 e. The van der Waals surface area contributed by atoms with Crippen LogP contribution >= 0.6 is 0 Å². The highest BCUT2D eigenvalue weighted by Gasteiger charge is 2.14. The summed E-state index contributed by atoms with van der Waals surface area (Å²) in [6.45, 7) is 3.78. The van der Waals surface area contributed by atoms with Crippen molar-refractivity contribution in [2.75, 3.05) is 14.2 Å². The highest BCUT2D eigenvalue weighted by atomic mass is 16.5. The predicted molar refractivity (Wildman–Crippen MR) is 94.1 cm³/mol. The fourth-order valence-electron chi connectivity index (χ4n) is 2.33. The summed E-state index contributed by atoms with van der Waals surface area (Å²) >= 11 is 0. The molecule has 0 spiro atoms. The first kappa shape index (κ1) is 17.6. The molecule has 0 radical (unpaired) electrons. The lowest BCUT2D eigenvalue weighted by Crippen LogP contribution is -2.39. The molecule has 2 aromatic rings. The number of hydrogen-bond donors (Lipinski definition) is 2. The second-order valence-corrected chi connectivity index (χ2v) is 5.16. The van der Waals surface area contributed by atoms with E-state index in [9.17, 15) is 4.79 Å². The summed E-state index contributed by atoms with van der Waals surface area (Å²) in [6, 6.07) is 14.6. The molecule has 1 unspecified atom stereocenters. The molecule has 0 aliphatic heterocycles. The topological polar surface area (TPSA) is 59.6 Å². The zero-order valence-corrected chi connectivity index (χ0v) is 13.9. The van der Waals surface area contributed by atoms with Crippen LogP contribution in [0.2, 0.25) is 0 Å². The number of ether oxygens (including phenoxy) is 2. The lowest BCUT2D eigenvalue weighted by molar-refractivity contribution is 0.0925. The Morgan fingerprint density at radius 2 is 1.83 bits per heavy atom. The number of hydrazine groups is 1. The van der Waals surface area contributed by atoms with E-state index in [0.717, 1.165) is 5.56 Å². The Morgan fingerprint density at radius 3 is 2.46 bits per heavy atom. The van der Waals surface area contributed by atoms with Crippen LogP contribution in [-0.4, -0.2) is 20.1 Å². The van der Waals surface area contributed by atoms with E-state index in [4.69, 9.17) is 9.47 Å². The predicted octanol–water partition coefficient (Wildman–Crippen LogP) is 3.26. The third-order valence-electron chi connectivity index (χ3n) is 3.61. The summed E-state index contributed by atoms with van der Waals surface area (Å²) in [6.07, 6.45) is 2.44. The Balaban J connectivity index is 2.12. The number of rotatable bonds is 8. The van der Waals surface area contributed by atoms with Crippen molar-refractivity contribution in [1.82, 2.24) is 10.9 Å². The van der Waals surface area contributed by atoms with Gasteiger partial charge in [-0.2, -0.15) is 0 Å². The minimum absolute atomic E-state index is 0.130. The molecular formula is C19H22N2O3. The minimum Gasteiger partial charge on any atom is -0.493 e. The van der Waals surface area contributed by atoms with Crippen LogP contribution in [0.15, 0.2) is 61.2 Å². The number of nitrogens with one attached hydrogen (secondary N) is 2. The van der Waals surface area contributed by atoms with Gasteiger partial charge in [0.25, 0.3) is 5.91 Å². The molecule has 0 aromatic heterocycles. The van der Waals surface area contributed by atoms with Crippen LogP contribution in [-0.2, 0) is 0 Å². The molecule has 1 atom stereocenters. The van der Waals surface area contributed by atoms with Gasteiger partial charge in [0.05, 0.1) is 20.3 Å². The van der Waals surface area contributed by atoms with Gasteiger partial charge in [-0.15, -0.1) is 6.58 Å². The van der Waals surface area contributed by atoms with E-state index in [2.05, 4.69) is 17.4 Å². The normalized spacial score (nSPS) is 11.4. The average molecular weight is 326 g/mol. The van der Waals surface area contributed by atoms with Gasteiger partial charge in [0.2, 0.25) is 0 Å². The van der Waals surface area contributed by atoms with Gasteiger partial charge >= 0.3 is 0 Å². The van der Waals surface area contributed by atoms with Crippen LogP contribution in [0.1, 0.15) is 28.4 Å². The highest BCUT2D eigenvalue weighted by Crippen LogP contribution is 2.30. The second-order valence-electron chi connectivity index (χ2n) is 5.16. The van der Waals surface area contributed by atoms with E-state index in [0.29, 0.717) is 23.5 Å². The first-order valence-corrected chi connectivity index (χ1v) is 7.63. The summed E-state index contributed by atoms with van der Waals surface area (Å²) in [5.41, 5.74) is 7.35. The molecule has 0 aliphatic carbocycles. The quantitative estimate of drug-likeness (QED) is 0.577. The van der Waals surface area contributed by atoms with Crippen molar-refractivity contribution in [1.29, 1.82) is 0 Å². The van der Waals surface area contributed by atoms with E-state index in [1.165, 1.54) is 0 Å². The molecule has 24 heavy (non-hydrogen) atoms. The number of methoxy groups -OCH3 is 2. The first-order chi connectivity index (χ1) is 11.7. The molecule has 2 rings (SSSR count). The molecule has 2 N–H and O–H groups in total. The zero-order valence-electron chi connectivity index (χ0n) is 13.9. The van der Waals surface area contributed by atoms with E-state index < -0.39 is 0 Å². The zero-order chi connectivity index (χ0) is 17.4. The summed E-state index contributed by atoms with van der Waals surface area (Å²) < 4.78 is 10.6. The number of hydrogen-bond acceptors (Lipinski definition) is 4. The molecule has 0 bridgehead atoms. The van der Waals surface area contributed by atoms with Gasteiger partial charge < -0.3 is 9.47 Å². The monoisotopic (exact) mass is 326 g/mol. The molecule has 0 aliphatic rings. The molecular weight excluding hydrogens is 304 g/mol. The van der Waals surface area contributed by atoms with Gasteiger partial charge in [-0.25, -0.2) is 5.43 Å². The third-order valence-corrected chi connectivity index (χ3v) is 3.61. The Hall–Kier alpha value is -2.79. The largest absolute Gasteiger partial charge is 0.493 e. The fourth-order valence-corrected chi connectivity index (χ4v) is 2.33. The van der Waals surface area contributed by atoms with Crippen LogP contribution in [0.25, 0.3) is 0 Å². The molecule has 5 nitrogen and oxygen atoms in total. The lowest BCUT2D eigenvalue weighted by atomic mass is 10.0. The van der Waals surface area contributed by atoms with Crippen LogP contribution in [0.5, 0.6) is 11.5 Å². The maximum atomic E-state index is 12.2. The highest BCUT2D eigenvalue weighted by molar-refractivity contribution is 5.93. The van der Waals surface area contributed by atoms with Gasteiger partial charge in [0, 0.05) is 5.56 Å². The average Bonchev–Trinajstić information content (AvgIpc) is 2.65. The summed E-state index contributed by atoms with van der Waals surface area (Å²) in [4.78, 5) is 12.2. The van der Waals surface area contributed by atoms with Crippen LogP contribution in [0.4, 0.5) is 0 Å². The van der Waals surface area contributed by atoms with E-state index in [1.54, 1.807) is 32.4 Å².